The summed E-state index contributed by atoms with van der Waals surface area (Å²) >= 11 is 0. The number of aliphatic hydroxyl groups excluding tert-OH is 1. The molecule has 0 bridgehead atoms. The van der Waals surface area contributed by atoms with E-state index in [0.717, 1.165) is 25.2 Å². The van der Waals surface area contributed by atoms with Crippen LogP contribution in [0.25, 0.3) is 0 Å². The number of nitrogens with zero attached hydrogens (tertiary/aromatic N) is 2. The fourth-order valence-electron chi connectivity index (χ4n) is 2.41. The number of aliphatic hydroxyl groups is 1. The van der Waals surface area contributed by atoms with Gasteiger partial charge in [0.2, 0.25) is 0 Å². The standard InChI is InChI=1S/C13H20N2O2/c1-3-14-7-4-5-12(14)13(17)15-8-6-11(9-15)10(2)16/h4-5,7,10-11,16H,3,6,8-9H2,1-2H3. The lowest BCUT2D eigenvalue weighted by atomic mass is 10.0. The van der Waals surface area contributed by atoms with E-state index in [9.17, 15) is 9.90 Å². The van der Waals surface area contributed by atoms with Crippen molar-refractivity contribution in [3.8, 4) is 0 Å². The average Bonchev–Trinajstić information content (AvgIpc) is 2.96. The zero-order valence-electron chi connectivity index (χ0n) is 10.5. The third-order valence-electron chi connectivity index (χ3n) is 3.58. The molecule has 1 aromatic rings. The second-order valence-corrected chi connectivity index (χ2v) is 4.72. The van der Waals surface area contributed by atoms with Crippen molar-refractivity contribution in [2.45, 2.75) is 32.9 Å². The van der Waals surface area contributed by atoms with Gasteiger partial charge < -0.3 is 14.6 Å². The van der Waals surface area contributed by atoms with Gasteiger partial charge in [0.1, 0.15) is 5.69 Å². The zero-order valence-corrected chi connectivity index (χ0v) is 10.5. The lowest BCUT2D eigenvalue weighted by Gasteiger charge is -2.18. The van der Waals surface area contributed by atoms with Gasteiger partial charge in [-0.05, 0) is 32.4 Å². The number of hydrogen-bond acceptors (Lipinski definition) is 2. The van der Waals surface area contributed by atoms with Crippen LogP contribution in [-0.2, 0) is 6.54 Å². The molecule has 94 valence electrons. The zero-order chi connectivity index (χ0) is 12.4. The maximum Gasteiger partial charge on any atom is 0.270 e. The van der Waals surface area contributed by atoms with Crippen LogP contribution < -0.4 is 0 Å². The van der Waals surface area contributed by atoms with E-state index in [4.69, 9.17) is 0 Å². The summed E-state index contributed by atoms with van der Waals surface area (Å²) in [5, 5.41) is 9.54. The van der Waals surface area contributed by atoms with Crippen molar-refractivity contribution >= 4 is 5.91 Å². The van der Waals surface area contributed by atoms with E-state index < -0.39 is 0 Å². The van der Waals surface area contributed by atoms with Crippen LogP contribution in [0, 0.1) is 5.92 Å². The summed E-state index contributed by atoms with van der Waals surface area (Å²) in [6.07, 6.45) is 2.50. The van der Waals surface area contributed by atoms with Crippen molar-refractivity contribution < 1.29 is 9.90 Å². The number of carbonyl (C=O) groups excluding carboxylic acids is 1. The molecule has 1 aliphatic rings. The third kappa shape index (κ3) is 2.36. The Hall–Kier alpha value is -1.29. The fourth-order valence-corrected chi connectivity index (χ4v) is 2.41. The number of hydrogen-bond donors (Lipinski definition) is 1. The Morgan fingerprint density at radius 3 is 3.00 bits per heavy atom. The summed E-state index contributed by atoms with van der Waals surface area (Å²) in [7, 11) is 0. The Kier molecular flexibility index (Phi) is 3.52. The average molecular weight is 236 g/mol. The first-order valence-corrected chi connectivity index (χ1v) is 6.26. The second kappa shape index (κ2) is 4.92. The van der Waals surface area contributed by atoms with E-state index in [2.05, 4.69) is 0 Å². The molecule has 4 heteroatoms. The molecule has 2 heterocycles. The van der Waals surface area contributed by atoms with Gasteiger partial charge in [0.05, 0.1) is 6.10 Å². The summed E-state index contributed by atoms with van der Waals surface area (Å²) in [5.74, 6) is 0.309. The van der Waals surface area contributed by atoms with Crippen LogP contribution >= 0.6 is 0 Å². The minimum absolute atomic E-state index is 0.0833. The van der Waals surface area contributed by atoms with Crippen molar-refractivity contribution in [1.82, 2.24) is 9.47 Å². The van der Waals surface area contributed by atoms with Gasteiger partial charge >= 0.3 is 0 Å². The minimum atomic E-state index is -0.328. The quantitative estimate of drug-likeness (QED) is 0.861. The van der Waals surface area contributed by atoms with E-state index in [-0.39, 0.29) is 17.9 Å². The van der Waals surface area contributed by atoms with Crippen LogP contribution in [0.2, 0.25) is 0 Å². The second-order valence-electron chi connectivity index (χ2n) is 4.72. The SMILES string of the molecule is CCn1cccc1C(=O)N1CCC(C(C)O)C1. The van der Waals surface area contributed by atoms with E-state index in [0.29, 0.717) is 6.54 Å². The topological polar surface area (TPSA) is 45.5 Å². The van der Waals surface area contributed by atoms with Crippen LogP contribution in [-0.4, -0.2) is 39.7 Å². The molecule has 0 spiro atoms. The van der Waals surface area contributed by atoms with Crippen molar-refractivity contribution in [2.75, 3.05) is 13.1 Å². The Morgan fingerprint density at radius 1 is 1.65 bits per heavy atom. The predicted molar refractivity (Wildman–Crippen MR) is 65.8 cm³/mol. The van der Waals surface area contributed by atoms with Crippen LogP contribution in [0.15, 0.2) is 18.3 Å². The highest BCUT2D eigenvalue weighted by Crippen LogP contribution is 2.21. The largest absolute Gasteiger partial charge is 0.393 e. The Bertz CT molecular complexity index is 398. The highest BCUT2D eigenvalue weighted by molar-refractivity contribution is 5.93. The molecule has 1 fully saturated rings. The maximum absolute atomic E-state index is 12.3. The van der Waals surface area contributed by atoms with Crippen molar-refractivity contribution in [1.29, 1.82) is 0 Å². The van der Waals surface area contributed by atoms with Gasteiger partial charge in [0.25, 0.3) is 5.91 Å². The number of rotatable bonds is 3. The highest BCUT2D eigenvalue weighted by Gasteiger charge is 2.30. The minimum Gasteiger partial charge on any atom is -0.393 e. The van der Waals surface area contributed by atoms with E-state index in [1.807, 2.05) is 34.7 Å². The smallest absolute Gasteiger partial charge is 0.270 e. The van der Waals surface area contributed by atoms with Crippen LogP contribution in [0.4, 0.5) is 0 Å². The number of amides is 1. The molecular weight excluding hydrogens is 216 g/mol. The van der Waals surface area contributed by atoms with E-state index >= 15 is 0 Å². The van der Waals surface area contributed by atoms with Gasteiger partial charge in [-0.15, -0.1) is 0 Å². The Balaban J connectivity index is 2.07. The summed E-state index contributed by atoms with van der Waals surface area (Å²) < 4.78 is 1.96. The van der Waals surface area contributed by atoms with Gasteiger partial charge in [0, 0.05) is 31.7 Å². The van der Waals surface area contributed by atoms with Gasteiger partial charge in [0.15, 0.2) is 0 Å². The molecule has 0 aliphatic carbocycles. The summed E-state index contributed by atoms with van der Waals surface area (Å²) in [4.78, 5) is 14.1. The van der Waals surface area contributed by atoms with Crippen molar-refractivity contribution in [3.05, 3.63) is 24.0 Å². The van der Waals surface area contributed by atoms with Crippen LogP contribution in [0.1, 0.15) is 30.8 Å². The van der Waals surface area contributed by atoms with Gasteiger partial charge in [-0.2, -0.15) is 0 Å². The maximum atomic E-state index is 12.3. The molecule has 0 saturated carbocycles. The van der Waals surface area contributed by atoms with Crippen LogP contribution in [0.3, 0.4) is 0 Å². The van der Waals surface area contributed by atoms with E-state index in [1.54, 1.807) is 6.92 Å². The molecule has 2 rings (SSSR count). The lowest BCUT2D eigenvalue weighted by Crippen LogP contribution is -2.31. The summed E-state index contributed by atoms with van der Waals surface area (Å²) in [6, 6.07) is 3.76. The van der Waals surface area contributed by atoms with E-state index in [1.165, 1.54) is 0 Å². The van der Waals surface area contributed by atoms with Gasteiger partial charge in [-0.3, -0.25) is 4.79 Å². The van der Waals surface area contributed by atoms with Crippen LogP contribution in [0.5, 0.6) is 0 Å². The molecule has 0 radical (unpaired) electrons. The third-order valence-corrected chi connectivity index (χ3v) is 3.58. The number of aromatic nitrogens is 1. The summed E-state index contributed by atoms with van der Waals surface area (Å²) in [6.45, 7) is 6.06. The fraction of sp³-hybridized carbons (Fsp3) is 0.615. The van der Waals surface area contributed by atoms with Gasteiger partial charge in [-0.1, -0.05) is 0 Å². The molecule has 2 unspecified atom stereocenters. The van der Waals surface area contributed by atoms with Crippen molar-refractivity contribution in [3.63, 3.8) is 0 Å². The molecule has 1 N–H and O–H groups in total. The molecule has 1 aromatic heterocycles. The molecule has 17 heavy (non-hydrogen) atoms. The number of carbonyl (C=O) groups is 1. The summed E-state index contributed by atoms with van der Waals surface area (Å²) in [5.41, 5.74) is 0.749. The first kappa shape index (κ1) is 12.2. The predicted octanol–water partition coefficient (Wildman–Crippen LogP) is 1.35. The molecule has 1 saturated heterocycles. The molecule has 1 aliphatic heterocycles. The van der Waals surface area contributed by atoms with Gasteiger partial charge in [-0.25, -0.2) is 0 Å². The Morgan fingerprint density at radius 2 is 2.41 bits per heavy atom. The Labute approximate surface area is 102 Å². The van der Waals surface area contributed by atoms with Crippen molar-refractivity contribution in [2.24, 2.45) is 5.92 Å². The number of aryl methyl sites for hydroxylation is 1. The lowest BCUT2D eigenvalue weighted by molar-refractivity contribution is 0.0752. The molecule has 0 aromatic carbocycles. The monoisotopic (exact) mass is 236 g/mol. The molecular formula is C13H20N2O2. The first-order chi connectivity index (χ1) is 8.13. The first-order valence-electron chi connectivity index (χ1n) is 6.26. The molecule has 2 atom stereocenters. The molecule has 1 amide bonds. The molecule has 4 nitrogen and oxygen atoms in total. The highest BCUT2D eigenvalue weighted by atomic mass is 16.3. The number of likely N-dealkylation sites (tertiary alicyclic amines) is 1. The normalized spacial score (nSPS) is 21.8.